The Balaban J connectivity index is 1.67. The van der Waals surface area contributed by atoms with Crippen LogP contribution >= 0.6 is 11.8 Å². The fourth-order valence-corrected chi connectivity index (χ4v) is 3.87. The molecule has 1 N–H and O–H groups in total. The van der Waals surface area contributed by atoms with E-state index in [0.29, 0.717) is 41.4 Å². The smallest absolute Gasteiger partial charge is 0.262 e. The van der Waals surface area contributed by atoms with Crippen LogP contribution in [0.4, 0.5) is 0 Å². The van der Waals surface area contributed by atoms with Crippen molar-refractivity contribution in [3.05, 3.63) is 64.4 Å². The summed E-state index contributed by atoms with van der Waals surface area (Å²) in [6.07, 6.45) is 0.518. The molecule has 0 atom stereocenters. The second-order valence-electron chi connectivity index (χ2n) is 7.92. The molecule has 154 valence electrons. The summed E-state index contributed by atoms with van der Waals surface area (Å²) in [6.45, 7) is 7.56. The summed E-state index contributed by atoms with van der Waals surface area (Å²) in [6, 6.07) is 15.6. The fraction of sp³-hybridized carbons (Fsp3) is 0.391. The van der Waals surface area contributed by atoms with Crippen molar-refractivity contribution in [1.82, 2.24) is 9.55 Å². The molecule has 0 aliphatic rings. The number of thioether (sulfide) groups is 1. The van der Waals surface area contributed by atoms with E-state index in [4.69, 9.17) is 9.84 Å². The Hall–Kier alpha value is -2.31. The minimum absolute atomic E-state index is 0.0387. The van der Waals surface area contributed by atoms with Gasteiger partial charge in [0.05, 0.1) is 17.5 Å². The molecule has 0 amide bonds. The Bertz CT molecular complexity index is 1010. The van der Waals surface area contributed by atoms with Crippen molar-refractivity contribution < 1.29 is 9.84 Å². The third kappa shape index (κ3) is 5.40. The summed E-state index contributed by atoms with van der Waals surface area (Å²) in [5.74, 6) is 1.51. The van der Waals surface area contributed by atoms with E-state index in [1.54, 1.807) is 10.6 Å². The largest absolute Gasteiger partial charge is 0.493 e. The summed E-state index contributed by atoms with van der Waals surface area (Å²) >= 11 is 1.50. The van der Waals surface area contributed by atoms with Crippen LogP contribution in [0.2, 0.25) is 0 Å². The molecule has 3 aromatic rings. The quantitative estimate of drug-likeness (QED) is 0.340. The maximum Gasteiger partial charge on any atom is 0.262 e. The zero-order chi connectivity index (χ0) is 20.9. The monoisotopic (exact) mass is 412 g/mol. The van der Waals surface area contributed by atoms with Gasteiger partial charge in [0.15, 0.2) is 5.16 Å². The molecule has 1 aromatic heterocycles. The van der Waals surface area contributed by atoms with Crippen LogP contribution in [-0.2, 0) is 12.0 Å². The number of fused-ring (bicyclic) bond motifs is 1. The molecular formula is C23H28N2O3S. The standard InChI is InChI=1S/C23H28N2O3S/c1-23(2,3)17-9-11-18(12-10-17)28-15-16-29-22-24-20-8-5-4-7-19(20)21(27)25(22)13-6-14-26/h4-5,7-12,26H,6,13-16H2,1-3H3. The van der Waals surface area contributed by atoms with Crippen LogP contribution in [0.3, 0.4) is 0 Å². The molecular weight excluding hydrogens is 384 g/mol. The van der Waals surface area contributed by atoms with Gasteiger partial charge in [-0.15, -0.1) is 0 Å². The second-order valence-corrected chi connectivity index (χ2v) is 8.98. The van der Waals surface area contributed by atoms with Gasteiger partial charge in [-0.1, -0.05) is 56.8 Å². The predicted octanol–water partition coefficient (Wildman–Crippen LogP) is 4.25. The Morgan fingerprint density at radius 2 is 1.83 bits per heavy atom. The van der Waals surface area contributed by atoms with Crippen molar-refractivity contribution in [2.45, 2.75) is 44.3 Å². The molecule has 0 aliphatic heterocycles. The number of aromatic nitrogens is 2. The molecule has 0 spiro atoms. The van der Waals surface area contributed by atoms with Gasteiger partial charge in [0, 0.05) is 18.9 Å². The summed E-state index contributed by atoms with van der Waals surface area (Å²) in [5.41, 5.74) is 2.02. The van der Waals surface area contributed by atoms with E-state index in [2.05, 4.69) is 37.9 Å². The molecule has 2 aromatic carbocycles. The number of hydrogen-bond acceptors (Lipinski definition) is 5. The number of nitrogens with zero attached hydrogens (tertiary/aromatic N) is 2. The van der Waals surface area contributed by atoms with Crippen molar-refractivity contribution in [2.75, 3.05) is 19.0 Å². The average Bonchev–Trinajstić information content (AvgIpc) is 2.70. The van der Waals surface area contributed by atoms with Crippen molar-refractivity contribution in [3.8, 4) is 5.75 Å². The molecule has 0 saturated carbocycles. The molecule has 5 nitrogen and oxygen atoms in total. The van der Waals surface area contributed by atoms with Crippen molar-refractivity contribution in [1.29, 1.82) is 0 Å². The third-order valence-electron chi connectivity index (χ3n) is 4.67. The number of aliphatic hydroxyl groups is 1. The average molecular weight is 413 g/mol. The van der Waals surface area contributed by atoms with Gasteiger partial charge in [0.1, 0.15) is 5.75 Å². The van der Waals surface area contributed by atoms with Gasteiger partial charge in [-0.25, -0.2) is 4.98 Å². The molecule has 0 radical (unpaired) electrons. The van der Waals surface area contributed by atoms with E-state index in [9.17, 15) is 4.79 Å². The SMILES string of the molecule is CC(C)(C)c1ccc(OCCSc2nc3ccccc3c(=O)n2CCCO)cc1. The van der Waals surface area contributed by atoms with Crippen LogP contribution in [0.5, 0.6) is 5.75 Å². The number of benzene rings is 2. The van der Waals surface area contributed by atoms with Gasteiger partial charge in [0.25, 0.3) is 5.56 Å². The normalized spacial score (nSPS) is 11.7. The van der Waals surface area contributed by atoms with E-state index in [1.807, 2.05) is 30.3 Å². The molecule has 0 aliphatic carbocycles. The second kappa shape index (κ2) is 9.46. The van der Waals surface area contributed by atoms with Crippen molar-refractivity contribution in [3.63, 3.8) is 0 Å². The summed E-state index contributed by atoms with van der Waals surface area (Å²) in [7, 11) is 0. The molecule has 0 bridgehead atoms. The molecule has 0 unspecified atom stereocenters. The van der Waals surface area contributed by atoms with Crippen molar-refractivity contribution in [2.24, 2.45) is 0 Å². The first kappa shape index (κ1) is 21.4. The minimum Gasteiger partial charge on any atom is -0.493 e. The van der Waals surface area contributed by atoms with Gasteiger partial charge in [-0.3, -0.25) is 9.36 Å². The summed E-state index contributed by atoms with van der Waals surface area (Å²) < 4.78 is 7.51. The third-order valence-corrected chi connectivity index (χ3v) is 5.61. The number of ether oxygens (including phenoxy) is 1. The fourth-order valence-electron chi connectivity index (χ4n) is 3.03. The first-order valence-electron chi connectivity index (χ1n) is 9.87. The molecule has 29 heavy (non-hydrogen) atoms. The van der Waals surface area contributed by atoms with Gasteiger partial charge in [-0.2, -0.15) is 0 Å². The minimum atomic E-state index is -0.0646. The van der Waals surface area contributed by atoms with Crippen LogP contribution in [0.15, 0.2) is 58.5 Å². The maximum absolute atomic E-state index is 12.8. The number of rotatable bonds is 8. The molecule has 6 heteroatoms. The highest BCUT2D eigenvalue weighted by Gasteiger charge is 2.13. The maximum atomic E-state index is 12.8. The van der Waals surface area contributed by atoms with E-state index in [1.165, 1.54) is 17.3 Å². The van der Waals surface area contributed by atoms with Gasteiger partial charge in [0.2, 0.25) is 0 Å². The van der Waals surface area contributed by atoms with Crippen LogP contribution in [0, 0.1) is 0 Å². The van der Waals surface area contributed by atoms with E-state index in [-0.39, 0.29) is 17.6 Å². The highest BCUT2D eigenvalue weighted by atomic mass is 32.2. The Morgan fingerprint density at radius 1 is 1.10 bits per heavy atom. The molecule has 0 saturated heterocycles. The lowest BCUT2D eigenvalue weighted by Gasteiger charge is -2.19. The Labute approximate surface area is 175 Å². The number of hydrogen-bond donors (Lipinski definition) is 1. The van der Waals surface area contributed by atoms with Gasteiger partial charge in [-0.05, 0) is 41.7 Å². The van der Waals surface area contributed by atoms with E-state index < -0.39 is 0 Å². The topological polar surface area (TPSA) is 64.3 Å². The van der Waals surface area contributed by atoms with Crippen LogP contribution in [0.1, 0.15) is 32.8 Å². The first-order chi connectivity index (χ1) is 13.9. The Kier molecular flexibility index (Phi) is 6.98. The summed E-state index contributed by atoms with van der Waals surface area (Å²) in [4.78, 5) is 17.5. The lowest BCUT2D eigenvalue weighted by molar-refractivity contribution is 0.276. The van der Waals surface area contributed by atoms with Crippen LogP contribution in [-0.4, -0.2) is 33.6 Å². The zero-order valence-electron chi connectivity index (χ0n) is 17.2. The molecule has 1 heterocycles. The van der Waals surface area contributed by atoms with E-state index >= 15 is 0 Å². The number of aliphatic hydroxyl groups excluding tert-OH is 1. The Morgan fingerprint density at radius 3 is 2.52 bits per heavy atom. The number of para-hydroxylation sites is 1. The van der Waals surface area contributed by atoms with Crippen molar-refractivity contribution >= 4 is 22.7 Å². The zero-order valence-corrected chi connectivity index (χ0v) is 18.0. The van der Waals surface area contributed by atoms with Crippen LogP contribution < -0.4 is 10.3 Å². The summed E-state index contributed by atoms with van der Waals surface area (Å²) in [5, 5.41) is 10.4. The highest BCUT2D eigenvalue weighted by molar-refractivity contribution is 7.99. The van der Waals surface area contributed by atoms with Gasteiger partial charge < -0.3 is 9.84 Å². The van der Waals surface area contributed by atoms with E-state index in [0.717, 1.165) is 5.75 Å². The lowest BCUT2D eigenvalue weighted by Crippen LogP contribution is -2.24. The molecule has 3 rings (SSSR count). The first-order valence-corrected chi connectivity index (χ1v) is 10.9. The van der Waals surface area contributed by atoms with Crippen LogP contribution in [0.25, 0.3) is 10.9 Å². The highest BCUT2D eigenvalue weighted by Crippen LogP contribution is 2.24. The lowest BCUT2D eigenvalue weighted by atomic mass is 9.87. The van der Waals surface area contributed by atoms with Gasteiger partial charge >= 0.3 is 0 Å². The molecule has 0 fully saturated rings. The predicted molar refractivity (Wildman–Crippen MR) is 119 cm³/mol.